The van der Waals surface area contributed by atoms with Crippen LogP contribution in [0.5, 0.6) is 0 Å². The highest BCUT2D eigenvalue weighted by atomic mass is 32.1. The van der Waals surface area contributed by atoms with Gasteiger partial charge in [0, 0.05) is 20.2 Å². The van der Waals surface area contributed by atoms with Gasteiger partial charge < -0.3 is 5.73 Å². The second-order valence-corrected chi connectivity index (χ2v) is 7.90. The standard InChI is InChI=1S/C25H19NS/c26-25(19-12-10-18(11-13-19)17-6-2-1-3-7-17)20-14-15-22-21-8-4-5-9-23(21)27-24(22)16-20/h1-16,25H,26H2. The van der Waals surface area contributed by atoms with Crippen LogP contribution in [0.2, 0.25) is 0 Å². The third kappa shape index (κ3) is 2.93. The molecule has 4 aromatic carbocycles. The van der Waals surface area contributed by atoms with Crippen molar-refractivity contribution in [2.45, 2.75) is 6.04 Å². The van der Waals surface area contributed by atoms with Gasteiger partial charge in [-0.2, -0.15) is 0 Å². The minimum absolute atomic E-state index is 0.121. The van der Waals surface area contributed by atoms with E-state index in [0.29, 0.717) is 0 Å². The van der Waals surface area contributed by atoms with Crippen molar-refractivity contribution in [2.24, 2.45) is 5.73 Å². The summed E-state index contributed by atoms with van der Waals surface area (Å²) in [5, 5.41) is 2.64. The van der Waals surface area contributed by atoms with E-state index in [1.54, 1.807) is 0 Å². The van der Waals surface area contributed by atoms with Crippen molar-refractivity contribution in [1.82, 2.24) is 0 Å². The lowest BCUT2D eigenvalue weighted by atomic mass is 9.96. The number of thiophene rings is 1. The fourth-order valence-corrected chi connectivity index (χ4v) is 4.80. The van der Waals surface area contributed by atoms with E-state index in [1.807, 2.05) is 17.4 Å². The van der Waals surface area contributed by atoms with Crippen LogP contribution >= 0.6 is 11.3 Å². The molecule has 0 fully saturated rings. The number of benzene rings is 4. The number of fused-ring (bicyclic) bond motifs is 3. The summed E-state index contributed by atoms with van der Waals surface area (Å²) in [6.45, 7) is 0. The van der Waals surface area contributed by atoms with E-state index in [4.69, 9.17) is 5.73 Å². The number of rotatable bonds is 3. The number of nitrogens with two attached hydrogens (primary N) is 1. The average Bonchev–Trinajstić information content (AvgIpc) is 3.12. The summed E-state index contributed by atoms with van der Waals surface area (Å²) < 4.78 is 2.62. The van der Waals surface area contributed by atoms with Gasteiger partial charge in [0.1, 0.15) is 0 Å². The molecule has 1 heterocycles. The lowest BCUT2D eigenvalue weighted by Crippen LogP contribution is -2.11. The molecule has 1 aromatic heterocycles. The van der Waals surface area contributed by atoms with Crippen LogP contribution in [0.1, 0.15) is 17.2 Å². The largest absolute Gasteiger partial charge is 0.320 e. The second kappa shape index (κ2) is 6.66. The van der Waals surface area contributed by atoms with Gasteiger partial charge in [0.15, 0.2) is 0 Å². The first kappa shape index (κ1) is 16.2. The molecule has 2 N–H and O–H groups in total. The quantitative estimate of drug-likeness (QED) is 0.375. The first-order valence-electron chi connectivity index (χ1n) is 9.12. The Kier molecular flexibility index (Phi) is 4.01. The molecule has 2 heteroatoms. The van der Waals surface area contributed by atoms with Gasteiger partial charge in [-0.15, -0.1) is 11.3 Å². The average molecular weight is 366 g/mol. The van der Waals surface area contributed by atoms with E-state index >= 15 is 0 Å². The SMILES string of the molecule is NC(c1ccc(-c2ccccc2)cc1)c1ccc2c(c1)sc1ccccc12. The Bertz CT molecular complexity index is 1220. The topological polar surface area (TPSA) is 26.0 Å². The molecular formula is C25H19NS. The molecule has 130 valence electrons. The van der Waals surface area contributed by atoms with Crippen LogP contribution in [0.15, 0.2) is 97.1 Å². The zero-order chi connectivity index (χ0) is 18.2. The molecule has 0 amide bonds. The maximum atomic E-state index is 6.59. The van der Waals surface area contributed by atoms with Gasteiger partial charge in [-0.05, 0) is 34.4 Å². The Morgan fingerprint density at radius 3 is 2.00 bits per heavy atom. The van der Waals surface area contributed by atoms with Crippen molar-refractivity contribution in [2.75, 3.05) is 0 Å². The molecule has 5 rings (SSSR count). The van der Waals surface area contributed by atoms with Crippen molar-refractivity contribution in [3.8, 4) is 11.1 Å². The van der Waals surface area contributed by atoms with Crippen LogP contribution in [-0.4, -0.2) is 0 Å². The van der Waals surface area contributed by atoms with Crippen LogP contribution in [0.4, 0.5) is 0 Å². The molecule has 5 aromatic rings. The molecule has 1 nitrogen and oxygen atoms in total. The van der Waals surface area contributed by atoms with E-state index in [2.05, 4.69) is 91.0 Å². The number of hydrogen-bond donors (Lipinski definition) is 1. The van der Waals surface area contributed by atoms with Crippen LogP contribution < -0.4 is 5.73 Å². The predicted octanol–water partition coefficient (Wildman–Crippen LogP) is 6.77. The van der Waals surface area contributed by atoms with Gasteiger partial charge in [0.2, 0.25) is 0 Å². The van der Waals surface area contributed by atoms with Crippen molar-refractivity contribution >= 4 is 31.5 Å². The lowest BCUT2D eigenvalue weighted by Gasteiger charge is -2.13. The Hall–Kier alpha value is -2.94. The number of hydrogen-bond acceptors (Lipinski definition) is 2. The minimum atomic E-state index is -0.121. The summed E-state index contributed by atoms with van der Waals surface area (Å²) >= 11 is 1.83. The van der Waals surface area contributed by atoms with Crippen molar-refractivity contribution in [3.63, 3.8) is 0 Å². The van der Waals surface area contributed by atoms with Crippen LogP contribution in [0, 0.1) is 0 Å². The van der Waals surface area contributed by atoms with Crippen molar-refractivity contribution in [1.29, 1.82) is 0 Å². The third-order valence-corrected chi connectivity index (χ3v) is 6.27. The molecule has 0 saturated heterocycles. The summed E-state index contributed by atoms with van der Waals surface area (Å²) in [6, 6.07) is 34.1. The maximum absolute atomic E-state index is 6.59. The zero-order valence-electron chi connectivity index (χ0n) is 14.8. The minimum Gasteiger partial charge on any atom is -0.320 e. The molecule has 0 aliphatic rings. The molecule has 0 aliphatic heterocycles. The second-order valence-electron chi connectivity index (χ2n) is 6.82. The summed E-state index contributed by atoms with van der Waals surface area (Å²) in [6.07, 6.45) is 0. The molecule has 0 saturated carbocycles. The first-order chi connectivity index (χ1) is 13.3. The van der Waals surface area contributed by atoms with E-state index in [1.165, 1.54) is 31.3 Å². The van der Waals surface area contributed by atoms with Gasteiger partial charge in [-0.25, -0.2) is 0 Å². The Labute approximate surface area is 162 Å². The molecule has 1 unspecified atom stereocenters. The fourth-order valence-electron chi connectivity index (χ4n) is 3.64. The first-order valence-corrected chi connectivity index (χ1v) is 9.93. The van der Waals surface area contributed by atoms with Crippen LogP contribution in [0.25, 0.3) is 31.3 Å². The maximum Gasteiger partial charge on any atom is 0.0552 e. The monoisotopic (exact) mass is 365 g/mol. The van der Waals surface area contributed by atoms with Crippen LogP contribution in [-0.2, 0) is 0 Å². The third-order valence-electron chi connectivity index (χ3n) is 5.14. The van der Waals surface area contributed by atoms with Gasteiger partial charge >= 0.3 is 0 Å². The van der Waals surface area contributed by atoms with E-state index < -0.39 is 0 Å². The molecule has 0 spiro atoms. The predicted molar refractivity (Wildman–Crippen MR) is 117 cm³/mol. The lowest BCUT2D eigenvalue weighted by molar-refractivity contribution is 0.874. The molecule has 0 radical (unpaired) electrons. The molecule has 27 heavy (non-hydrogen) atoms. The normalized spacial score (nSPS) is 12.5. The van der Waals surface area contributed by atoms with Gasteiger partial charge in [-0.3, -0.25) is 0 Å². The molecule has 0 bridgehead atoms. The van der Waals surface area contributed by atoms with Crippen LogP contribution in [0.3, 0.4) is 0 Å². The Morgan fingerprint density at radius 2 is 1.19 bits per heavy atom. The Morgan fingerprint density at radius 1 is 0.556 bits per heavy atom. The highest BCUT2D eigenvalue weighted by Crippen LogP contribution is 2.35. The van der Waals surface area contributed by atoms with E-state index in [0.717, 1.165) is 11.1 Å². The smallest absolute Gasteiger partial charge is 0.0552 e. The molecular weight excluding hydrogens is 346 g/mol. The van der Waals surface area contributed by atoms with Crippen molar-refractivity contribution < 1.29 is 0 Å². The summed E-state index contributed by atoms with van der Waals surface area (Å²) in [5.41, 5.74) is 11.3. The summed E-state index contributed by atoms with van der Waals surface area (Å²) in [4.78, 5) is 0. The summed E-state index contributed by atoms with van der Waals surface area (Å²) in [5.74, 6) is 0. The summed E-state index contributed by atoms with van der Waals surface area (Å²) in [7, 11) is 0. The van der Waals surface area contributed by atoms with Crippen molar-refractivity contribution in [3.05, 3.63) is 108 Å². The van der Waals surface area contributed by atoms with E-state index in [9.17, 15) is 0 Å². The Balaban J connectivity index is 1.49. The molecule has 0 aliphatic carbocycles. The fraction of sp³-hybridized carbons (Fsp3) is 0.0400. The van der Waals surface area contributed by atoms with Gasteiger partial charge in [0.25, 0.3) is 0 Å². The molecule has 1 atom stereocenters. The highest BCUT2D eigenvalue weighted by molar-refractivity contribution is 7.25. The van der Waals surface area contributed by atoms with E-state index in [-0.39, 0.29) is 6.04 Å². The highest BCUT2D eigenvalue weighted by Gasteiger charge is 2.12. The van der Waals surface area contributed by atoms with Gasteiger partial charge in [-0.1, -0.05) is 84.9 Å². The zero-order valence-corrected chi connectivity index (χ0v) is 15.6. The van der Waals surface area contributed by atoms with Gasteiger partial charge in [0.05, 0.1) is 6.04 Å².